The van der Waals surface area contributed by atoms with Crippen LogP contribution < -0.4 is 5.32 Å². The van der Waals surface area contributed by atoms with Gasteiger partial charge in [-0.15, -0.1) is 0 Å². The van der Waals surface area contributed by atoms with E-state index in [0.29, 0.717) is 18.0 Å². The molecule has 1 unspecified atom stereocenters. The highest BCUT2D eigenvalue weighted by molar-refractivity contribution is 5.77. The van der Waals surface area contributed by atoms with Crippen LogP contribution in [0.25, 0.3) is 0 Å². The van der Waals surface area contributed by atoms with E-state index in [-0.39, 0.29) is 0 Å². The van der Waals surface area contributed by atoms with Gasteiger partial charge in [0.2, 0.25) is 5.91 Å². The number of carbonyl (C=O) groups excluding carboxylic acids is 1. The molecule has 3 nitrogen and oxygen atoms in total. The molecular formula is C17H28N2O. The average Bonchev–Trinajstić information content (AvgIpc) is 2.90. The fourth-order valence-corrected chi connectivity index (χ4v) is 5.98. The highest BCUT2D eigenvalue weighted by Gasteiger charge is 2.50. The van der Waals surface area contributed by atoms with Crippen molar-refractivity contribution < 1.29 is 4.79 Å². The lowest BCUT2D eigenvalue weighted by atomic mass is 9.54. The van der Waals surface area contributed by atoms with E-state index in [1.165, 1.54) is 44.9 Å². The molecule has 3 heteroatoms. The Balaban J connectivity index is 1.42. The maximum Gasteiger partial charge on any atom is 0.224 e. The lowest BCUT2D eigenvalue weighted by Crippen LogP contribution is -2.56. The van der Waals surface area contributed by atoms with Crippen molar-refractivity contribution in [2.75, 3.05) is 13.6 Å². The van der Waals surface area contributed by atoms with Gasteiger partial charge in [0.25, 0.3) is 0 Å². The Morgan fingerprint density at radius 2 is 1.75 bits per heavy atom. The maximum atomic E-state index is 12.6. The fraction of sp³-hybridized carbons (Fsp3) is 0.941. The van der Waals surface area contributed by atoms with Crippen LogP contribution in [0.2, 0.25) is 0 Å². The van der Waals surface area contributed by atoms with Gasteiger partial charge in [0.05, 0.1) is 0 Å². The van der Waals surface area contributed by atoms with Gasteiger partial charge in [0, 0.05) is 25.6 Å². The highest BCUT2D eigenvalue weighted by Crippen LogP contribution is 2.55. The van der Waals surface area contributed by atoms with Crippen LogP contribution in [0.3, 0.4) is 0 Å². The molecule has 0 aromatic carbocycles. The monoisotopic (exact) mass is 276 g/mol. The Morgan fingerprint density at radius 3 is 2.30 bits per heavy atom. The predicted octanol–water partition coefficient (Wildman–Crippen LogP) is 2.41. The van der Waals surface area contributed by atoms with E-state index in [9.17, 15) is 4.79 Å². The summed E-state index contributed by atoms with van der Waals surface area (Å²) in [5, 5.41) is 3.46. The molecule has 0 spiro atoms. The molecule has 5 fully saturated rings. The number of amides is 1. The summed E-state index contributed by atoms with van der Waals surface area (Å²) in [5.41, 5.74) is 0. The average molecular weight is 276 g/mol. The van der Waals surface area contributed by atoms with Crippen LogP contribution in [0.4, 0.5) is 0 Å². The lowest BCUT2D eigenvalue weighted by Gasteiger charge is -2.56. The first-order valence-corrected chi connectivity index (χ1v) is 8.69. The molecule has 0 radical (unpaired) electrons. The van der Waals surface area contributed by atoms with Crippen molar-refractivity contribution in [3.8, 4) is 0 Å². The predicted molar refractivity (Wildman–Crippen MR) is 79.2 cm³/mol. The molecule has 5 aliphatic rings. The first-order valence-electron chi connectivity index (χ1n) is 8.69. The molecule has 1 atom stereocenters. The Morgan fingerprint density at radius 1 is 1.10 bits per heavy atom. The standard InChI is InChI=1S/C17H28N2O/c1-19(16(20)10-15-3-2-4-18-15)17-13-6-11-5-12(8-13)9-14(17)7-11/h11-15,17-18H,2-10H2,1H3. The van der Waals surface area contributed by atoms with E-state index in [1.807, 2.05) is 0 Å². The zero-order chi connectivity index (χ0) is 13.7. The third-order valence-corrected chi connectivity index (χ3v) is 6.60. The van der Waals surface area contributed by atoms with E-state index >= 15 is 0 Å². The molecule has 0 aromatic rings. The zero-order valence-corrected chi connectivity index (χ0v) is 12.7. The van der Waals surface area contributed by atoms with Gasteiger partial charge in [-0.05, 0) is 75.2 Å². The van der Waals surface area contributed by atoms with Crippen molar-refractivity contribution in [1.82, 2.24) is 10.2 Å². The van der Waals surface area contributed by atoms with Gasteiger partial charge in [-0.2, -0.15) is 0 Å². The summed E-state index contributed by atoms with van der Waals surface area (Å²) in [6.07, 6.45) is 10.2. The van der Waals surface area contributed by atoms with E-state index in [2.05, 4.69) is 17.3 Å². The van der Waals surface area contributed by atoms with Gasteiger partial charge in [0.15, 0.2) is 0 Å². The van der Waals surface area contributed by atoms with E-state index in [0.717, 1.165) is 36.6 Å². The minimum Gasteiger partial charge on any atom is -0.342 e. The van der Waals surface area contributed by atoms with Crippen molar-refractivity contribution in [3.63, 3.8) is 0 Å². The zero-order valence-electron chi connectivity index (χ0n) is 12.7. The molecule has 1 aliphatic heterocycles. The second kappa shape index (κ2) is 5.01. The number of hydrogen-bond acceptors (Lipinski definition) is 2. The summed E-state index contributed by atoms with van der Waals surface area (Å²) < 4.78 is 0. The van der Waals surface area contributed by atoms with E-state index in [1.54, 1.807) is 0 Å². The molecule has 1 saturated heterocycles. The molecule has 1 N–H and O–H groups in total. The summed E-state index contributed by atoms with van der Waals surface area (Å²) in [5.74, 6) is 4.01. The van der Waals surface area contributed by atoms with Crippen LogP contribution in [0.15, 0.2) is 0 Å². The Kier molecular flexibility index (Phi) is 3.29. The smallest absolute Gasteiger partial charge is 0.224 e. The molecular weight excluding hydrogens is 248 g/mol. The summed E-state index contributed by atoms with van der Waals surface area (Å²) in [7, 11) is 2.09. The Bertz CT molecular complexity index is 360. The number of carbonyl (C=O) groups is 1. The van der Waals surface area contributed by atoms with Gasteiger partial charge < -0.3 is 10.2 Å². The van der Waals surface area contributed by atoms with Gasteiger partial charge >= 0.3 is 0 Å². The third-order valence-electron chi connectivity index (χ3n) is 6.60. The summed E-state index contributed by atoms with van der Waals surface area (Å²) in [6.45, 7) is 1.10. The molecule has 4 bridgehead atoms. The molecule has 4 aliphatic carbocycles. The van der Waals surface area contributed by atoms with Crippen LogP contribution in [0, 0.1) is 23.7 Å². The lowest BCUT2D eigenvalue weighted by molar-refractivity contribution is -0.141. The van der Waals surface area contributed by atoms with Crippen molar-refractivity contribution in [2.24, 2.45) is 23.7 Å². The summed E-state index contributed by atoms with van der Waals surface area (Å²) in [6, 6.07) is 1.01. The molecule has 1 heterocycles. The number of rotatable bonds is 3. The summed E-state index contributed by atoms with van der Waals surface area (Å²) >= 11 is 0. The molecule has 0 aromatic heterocycles. The van der Waals surface area contributed by atoms with Crippen LogP contribution in [-0.4, -0.2) is 36.5 Å². The van der Waals surface area contributed by atoms with Crippen molar-refractivity contribution in [2.45, 2.75) is 63.5 Å². The van der Waals surface area contributed by atoms with Gasteiger partial charge in [-0.1, -0.05) is 0 Å². The molecule has 112 valence electrons. The van der Waals surface area contributed by atoms with E-state index in [4.69, 9.17) is 0 Å². The SMILES string of the molecule is CN(C(=O)CC1CCCN1)C1C2CC3CC(C2)CC1C3. The third kappa shape index (κ3) is 2.18. The molecule has 20 heavy (non-hydrogen) atoms. The van der Waals surface area contributed by atoms with Gasteiger partial charge in [-0.3, -0.25) is 4.79 Å². The maximum absolute atomic E-state index is 12.6. The minimum atomic E-state index is 0.391. The highest BCUT2D eigenvalue weighted by atomic mass is 16.2. The van der Waals surface area contributed by atoms with Crippen LogP contribution in [0.1, 0.15) is 51.4 Å². The first-order chi connectivity index (χ1) is 9.70. The Labute approximate surface area is 122 Å². The van der Waals surface area contributed by atoms with Gasteiger partial charge in [0.1, 0.15) is 0 Å². The van der Waals surface area contributed by atoms with Crippen molar-refractivity contribution in [1.29, 1.82) is 0 Å². The van der Waals surface area contributed by atoms with Crippen LogP contribution in [-0.2, 0) is 4.79 Å². The molecule has 4 saturated carbocycles. The normalized spacial score (nSPS) is 45.9. The largest absolute Gasteiger partial charge is 0.342 e. The molecule has 1 amide bonds. The Hall–Kier alpha value is -0.570. The second-order valence-electron chi connectivity index (χ2n) is 7.92. The minimum absolute atomic E-state index is 0.391. The summed E-state index contributed by atoms with van der Waals surface area (Å²) in [4.78, 5) is 14.8. The fourth-order valence-electron chi connectivity index (χ4n) is 5.98. The number of nitrogens with zero attached hydrogens (tertiary/aromatic N) is 1. The number of nitrogens with one attached hydrogen (secondary N) is 1. The quantitative estimate of drug-likeness (QED) is 0.858. The second-order valence-corrected chi connectivity index (χ2v) is 7.92. The van der Waals surface area contributed by atoms with Crippen LogP contribution >= 0.6 is 0 Å². The van der Waals surface area contributed by atoms with Crippen molar-refractivity contribution in [3.05, 3.63) is 0 Å². The first kappa shape index (κ1) is 13.1. The topological polar surface area (TPSA) is 32.3 Å². The molecule has 5 rings (SSSR count). The van der Waals surface area contributed by atoms with Crippen molar-refractivity contribution >= 4 is 5.91 Å². The number of hydrogen-bond donors (Lipinski definition) is 1. The van der Waals surface area contributed by atoms with Gasteiger partial charge in [-0.25, -0.2) is 0 Å². The van der Waals surface area contributed by atoms with E-state index < -0.39 is 0 Å². The van der Waals surface area contributed by atoms with Crippen LogP contribution in [0.5, 0.6) is 0 Å².